The number of nitrogens with zero attached hydrogens (tertiary/aromatic N) is 2. The molecule has 2 fully saturated rings. The maximum atomic E-state index is 5.92. The Balaban J connectivity index is 1.45. The van der Waals surface area contributed by atoms with Gasteiger partial charge in [-0.3, -0.25) is 0 Å². The summed E-state index contributed by atoms with van der Waals surface area (Å²) in [4.78, 5) is 4.43. The highest BCUT2D eigenvalue weighted by molar-refractivity contribution is 5.27. The van der Waals surface area contributed by atoms with Gasteiger partial charge in [-0.15, -0.1) is 0 Å². The third kappa shape index (κ3) is 3.50. The minimum absolute atomic E-state index is 0.509. The van der Waals surface area contributed by atoms with Crippen LogP contribution in [0.1, 0.15) is 51.4 Å². The van der Waals surface area contributed by atoms with E-state index >= 15 is 0 Å². The molecule has 0 unspecified atom stereocenters. The lowest BCUT2D eigenvalue weighted by Crippen LogP contribution is -2.20. The van der Waals surface area contributed by atoms with Gasteiger partial charge in [0.05, 0.1) is 12.7 Å². The molecular formula is C15H25N3O. The zero-order chi connectivity index (χ0) is 12.9. The van der Waals surface area contributed by atoms with E-state index in [-0.39, 0.29) is 0 Å². The van der Waals surface area contributed by atoms with Crippen molar-refractivity contribution >= 4 is 5.95 Å². The van der Waals surface area contributed by atoms with Gasteiger partial charge in [0.2, 0.25) is 5.95 Å². The average Bonchev–Trinajstić information content (AvgIpc) is 3.13. The Morgan fingerprint density at radius 3 is 2.68 bits per heavy atom. The van der Waals surface area contributed by atoms with Gasteiger partial charge in [0, 0.05) is 25.0 Å². The molecule has 0 aromatic carbocycles. The van der Waals surface area contributed by atoms with E-state index in [1.54, 1.807) is 0 Å². The van der Waals surface area contributed by atoms with Crippen LogP contribution < -0.4 is 5.32 Å². The van der Waals surface area contributed by atoms with Crippen molar-refractivity contribution in [3.05, 3.63) is 12.4 Å². The fourth-order valence-electron chi connectivity index (χ4n) is 3.26. The lowest BCUT2D eigenvalue weighted by atomic mass is 10.2. The molecule has 2 aliphatic carbocycles. The molecule has 0 radical (unpaired) electrons. The highest BCUT2D eigenvalue weighted by atomic mass is 16.5. The zero-order valence-corrected chi connectivity index (χ0v) is 11.7. The standard InChI is InChI=1S/C15H25N3O/c1-2-6-13(5-1)17-15-16-9-10-18(15)11-12-19-14-7-3-4-8-14/h9-10,13-14H,1-8,11-12H2,(H,16,17). The van der Waals surface area contributed by atoms with Gasteiger partial charge in [0.1, 0.15) is 0 Å². The smallest absolute Gasteiger partial charge is 0.203 e. The van der Waals surface area contributed by atoms with Crippen molar-refractivity contribution in [2.45, 2.75) is 70.1 Å². The summed E-state index contributed by atoms with van der Waals surface area (Å²) in [6.07, 6.45) is 14.9. The quantitative estimate of drug-likeness (QED) is 0.856. The molecular weight excluding hydrogens is 238 g/mol. The molecule has 0 atom stereocenters. The van der Waals surface area contributed by atoms with Gasteiger partial charge in [-0.1, -0.05) is 25.7 Å². The first kappa shape index (κ1) is 13.0. The maximum absolute atomic E-state index is 5.92. The number of nitrogens with one attached hydrogen (secondary N) is 1. The van der Waals surface area contributed by atoms with Crippen LogP contribution in [0.4, 0.5) is 5.95 Å². The van der Waals surface area contributed by atoms with Gasteiger partial charge in [-0.05, 0) is 25.7 Å². The molecule has 4 nitrogen and oxygen atoms in total. The molecule has 1 aromatic rings. The number of hydrogen-bond donors (Lipinski definition) is 1. The van der Waals surface area contributed by atoms with E-state index in [9.17, 15) is 0 Å². The Morgan fingerprint density at radius 1 is 1.16 bits per heavy atom. The fraction of sp³-hybridized carbons (Fsp3) is 0.800. The summed E-state index contributed by atoms with van der Waals surface area (Å²) >= 11 is 0. The highest BCUT2D eigenvalue weighted by Gasteiger charge is 2.17. The van der Waals surface area contributed by atoms with Crippen LogP contribution in [0.2, 0.25) is 0 Å². The molecule has 0 aliphatic heterocycles. The Labute approximate surface area is 115 Å². The number of imidazole rings is 1. The topological polar surface area (TPSA) is 39.1 Å². The van der Waals surface area contributed by atoms with Crippen LogP contribution in [0.15, 0.2) is 12.4 Å². The second-order valence-electron chi connectivity index (χ2n) is 5.85. The van der Waals surface area contributed by atoms with Gasteiger partial charge in [0.15, 0.2) is 0 Å². The molecule has 1 aromatic heterocycles. The van der Waals surface area contributed by atoms with E-state index in [1.807, 2.05) is 6.20 Å². The molecule has 1 heterocycles. The zero-order valence-electron chi connectivity index (χ0n) is 11.7. The van der Waals surface area contributed by atoms with E-state index in [0.29, 0.717) is 12.1 Å². The van der Waals surface area contributed by atoms with E-state index in [2.05, 4.69) is 21.1 Å². The molecule has 106 valence electrons. The Kier molecular flexibility index (Phi) is 4.38. The minimum Gasteiger partial charge on any atom is -0.376 e. The summed E-state index contributed by atoms with van der Waals surface area (Å²) in [5.41, 5.74) is 0. The van der Waals surface area contributed by atoms with Crippen LogP contribution in [0.25, 0.3) is 0 Å². The predicted molar refractivity (Wildman–Crippen MR) is 76.3 cm³/mol. The van der Waals surface area contributed by atoms with Crippen molar-refractivity contribution in [1.82, 2.24) is 9.55 Å². The summed E-state index contributed by atoms with van der Waals surface area (Å²) in [5, 5.41) is 3.56. The Bertz CT molecular complexity index is 378. The van der Waals surface area contributed by atoms with Gasteiger partial charge in [0.25, 0.3) is 0 Å². The van der Waals surface area contributed by atoms with Crippen LogP contribution in [-0.2, 0) is 11.3 Å². The van der Waals surface area contributed by atoms with Crippen molar-refractivity contribution in [1.29, 1.82) is 0 Å². The number of anilines is 1. The lowest BCUT2D eigenvalue weighted by molar-refractivity contribution is 0.0532. The summed E-state index contributed by atoms with van der Waals surface area (Å²) in [6, 6.07) is 0.622. The first-order valence-corrected chi connectivity index (χ1v) is 7.81. The maximum Gasteiger partial charge on any atom is 0.203 e. The van der Waals surface area contributed by atoms with Gasteiger partial charge in [-0.2, -0.15) is 0 Å². The van der Waals surface area contributed by atoms with Gasteiger partial charge in [-0.25, -0.2) is 4.98 Å². The molecule has 4 heteroatoms. The average molecular weight is 263 g/mol. The predicted octanol–water partition coefficient (Wildman–Crippen LogP) is 3.20. The van der Waals surface area contributed by atoms with Crippen LogP contribution in [0.5, 0.6) is 0 Å². The third-order valence-electron chi connectivity index (χ3n) is 4.39. The molecule has 0 saturated heterocycles. The summed E-state index contributed by atoms with van der Waals surface area (Å²) in [6.45, 7) is 1.71. The van der Waals surface area contributed by atoms with Crippen LogP contribution >= 0.6 is 0 Å². The molecule has 2 aliphatic rings. The lowest BCUT2D eigenvalue weighted by Gasteiger charge is -2.16. The number of aromatic nitrogens is 2. The first-order valence-electron chi connectivity index (χ1n) is 7.81. The summed E-state index contributed by atoms with van der Waals surface area (Å²) in [5.74, 6) is 1.02. The largest absolute Gasteiger partial charge is 0.376 e. The van der Waals surface area contributed by atoms with E-state index in [1.165, 1.54) is 51.4 Å². The van der Waals surface area contributed by atoms with Crippen molar-refractivity contribution in [2.75, 3.05) is 11.9 Å². The van der Waals surface area contributed by atoms with Crippen molar-refractivity contribution in [2.24, 2.45) is 0 Å². The summed E-state index contributed by atoms with van der Waals surface area (Å²) in [7, 11) is 0. The molecule has 0 spiro atoms. The Hall–Kier alpha value is -1.03. The van der Waals surface area contributed by atoms with E-state index in [0.717, 1.165) is 19.1 Å². The fourth-order valence-corrected chi connectivity index (χ4v) is 3.26. The second-order valence-corrected chi connectivity index (χ2v) is 5.85. The first-order chi connectivity index (χ1) is 9.42. The van der Waals surface area contributed by atoms with Crippen LogP contribution in [-0.4, -0.2) is 28.3 Å². The normalized spacial score (nSPS) is 21.3. The third-order valence-corrected chi connectivity index (χ3v) is 4.39. The van der Waals surface area contributed by atoms with Crippen LogP contribution in [0.3, 0.4) is 0 Å². The molecule has 1 N–H and O–H groups in total. The highest BCUT2D eigenvalue weighted by Crippen LogP contribution is 2.22. The van der Waals surface area contributed by atoms with Crippen molar-refractivity contribution < 1.29 is 4.74 Å². The van der Waals surface area contributed by atoms with Crippen molar-refractivity contribution in [3.63, 3.8) is 0 Å². The molecule has 2 saturated carbocycles. The monoisotopic (exact) mass is 263 g/mol. The van der Waals surface area contributed by atoms with Gasteiger partial charge < -0.3 is 14.6 Å². The van der Waals surface area contributed by atoms with Crippen LogP contribution in [0, 0.1) is 0 Å². The summed E-state index contributed by atoms with van der Waals surface area (Å²) < 4.78 is 8.11. The number of hydrogen-bond acceptors (Lipinski definition) is 3. The van der Waals surface area contributed by atoms with Gasteiger partial charge >= 0.3 is 0 Å². The Morgan fingerprint density at radius 2 is 1.89 bits per heavy atom. The molecule has 0 amide bonds. The second kappa shape index (κ2) is 6.42. The number of rotatable bonds is 6. The van der Waals surface area contributed by atoms with E-state index in [4.69, 9.17) is 4.74 Å². The SMILES string of the molecule is c1cn(CCOC2CCCC2)c(NC2CCCC2)n1. The molecule has 3 rings (SSSR count). The minimum atomic E-state index is 0.509. The van der Waals surface area contributed by atoms with E-state index < -0.39 is 0 Å². The molecule has 19 heavy (non-hydrogen) atoms. The number of ether oxygens (including phenoxy) is 1. The molecule has 0 bridgehead atoms. The van der Waals surface area contributed by atoms with Crippen molar-refractivity contribution in [3.8, 4) is 0 Å².